The summed E-state index contributed by atoms with van der Waals surface area (Å²) < 4.78 is 18.6. The second-order valence-electron chi connectivity index (χ2n) is 4.96. The van der Waals surface area contributed by atoms with E-state index in [1.165, 1.54) is 18.1 Å². The SMILES string of the molecule is COC(=O)C1CC(=O)N(c2ccc(N(C)C)c(F)c2)C1. The first-order valence-corrected chi connectivity index (χ1v) is 6.29. The molecule has 2 rings (SSSR count). The molecule has 1 saturated heterocycles. The number of rotatable bonds is 3. The Morgan fingerprint density at radius 3 is 2.70 bits per heavy atom. The molecule has 1 amide bonds. The number of amides is 1. The van der Waals surface area contributed by atoms with Crippen LogP contribution in [0, 0.1) is 11.7 Å². The Morgan fingerprint density at radius 2 is 2.15 bits per heavy atom. The van der Waals surface area contributed by atoms with Gasteiger partial charge in [0.2, 0.25) is 5.91 Å². The molecule has 1 aliphatic heterocycles. The second kappa shape index (κ2) is 5.48. The lowest BCUT2D eigenvalue weighted by Crippen LogP contribution is -2.26. The third-order valence-electron chi connectivity index (χ3n) is 3.38. The molecule has 108 valence electrons. The number of nitrogens with zero attached hydrogens (tertiary/aromatic N) is 2. The molecule has 0 N–H and O–H groups in total. The second-order valence-corrected chi connectivity index (χ2v) is 4.96. The molecule has 1 aromatic carbocycles. The number of halogens is 1. The van der Waals surface area contributed by atoms with Crippen molar-refractivity contribution in [2.24, 2.45) is 5.92 Å². The van der Waals surface area contributed by atoms with Gasteiger partial charge in [0.1, 0.15) is 5.82 Å². The number of carbonyl (C=O) groups is 2. The van der Waals surface area contributed by atoms with Crippen LogP contribution in [-0.2, 0) is 14.3 Å². The standard InChI is InChI=1S/C14H17FN2O3/c1-16(2)12-5-4-10(7-11(12)15)17-8-9(6-13(17)18)14(19)20-3/h4-5,7,9H,6,8H2,1-3H3. The van der Waals surface area contributed by atoms with Crippen molar-refractivity contribution >= 4 is 23.3 Å². The van der Waals surface area contributed by atoms with Crippen molar-refractivity contribution in [3.8, 4) is 0 Å². The highest BCUT2D eigenvalue weighted by atomic mass is 19.1. The molecule has 1 aliphatic rings. The molecule has 20 heavy (non-hydrogen) atoms. The molecule has 1 aromatic rings. The lowest BCUT2D eigenvalue weighted by atomic mass is 10.1. The minimum Gasteiger partial charge on any atom is -0.469 e. The van der Waals surface area contributed by atoms with Crippen molar-refractivity contribution in [2.75, 3.05) is 37.5 Å². The van der Waals surface area contributed by atoms with Crippen LogP contribution < -0.4 is 9.80 Å². The highest BCUT2D eigenvalue weighted by molar-refractivity contribution is 5.99. The van der Waals surface area contributed by atoms with Gasteiger partial charge >= 0.3 is 5.97 Å². The third-order valence-corrected chi connectivity index (χ3v) is 3.38. The van der Waals surface area contributed by atoms with Crippen molar-refractivity contribution in [1.29, 1.82) is 0 Å². The highest BCUT2D eigenvalue weighted by Gasteiger charge is 2.36. The van der Waals surface area contributed by atoms with E-state index in [1.807, 2.05) is 0 Å². The molecule has 0 saturated carbocycles. The molecule has 0 aromatic heterocycles. The first-order valence-electron chi connectivity index (χ1n) is 6.29. The summed E-state index contributed by atoms with van der Waals surface area (Å²) in [7, 11) is 4.78. The number of ether oxygens (including phenoxy) is 1. The van der Waals surface area contributed by atoms with Crippen LogP contribution in [0.3, 0.4) is 0 Å². The molecule has 0 bridgehead atoms. The van der Waals surface area contributed by atoms with Gasteiger partial charge < -0.3 is 14.5 Å². The van der Waals surface area contributed by atoms with Crippen molar-refractivity contribution in [3.05, 3.63) is 24.0 Å². The molecule has 1 heterocycles. The van der Waals surface area contributed by atoms with Gasteiger partial charge in [-0.15, -0.1) is 0 Å². The van der Waals surface area contributed by atoms with Gasteiger partial charge in [0.25, 0.3) is 0 Å². The molecule has 0 radical (unpaired) electrons. The van der Waals surface area contributed by atoms with E-state index in [2.05, 4.69) is 4.74 Å². The first kappa shape index (κ1) is 14.3. The first-order chi connectivity index (χ1) is 9.43. The number of anilines is 2. The van der Waals surface area contributed by atoms with Crippen LogP contribution in [-0.4, -0.2) is 39.6 Å². The summed E-state index contributed by atoms with van der Waals surface area (Å²) in [6.45, 7) is 0.228. The largest absolute Gasteiger partial charge is 0.469 e. The van der Waals surface area contributed by atoms with Crippen LogP contribution in [0.5, 0.6) is 0 Å². The number of hydrogen-bond acceptors (Lipinski definition) is 4. The summed E-state index contributed by atoms with van der Waals surface area (Å²) in [4.78, 5) is 26.5. The summed E-state index contributed by atoms with van der Waals surface area (Å²) in [6, 6.07) is 4.60. The molecule has 6 heteroatoms. The number of esters is 1. The maximum absolute atomic E-state index is 13.9. The average Bonchev–Trinajstić information content (AvgIpc) is 2.79. The van der Waals surface area contributed by atoms with E-state index in [4.69, 9.17) is 0 Å². The summed E-state index contributed by atoms with van der Waals surface area (Å²) in [5.41, 5.74) is 0.911. The molecule has 1 atom stereocenters. The van der Waals surface area contributed by atoms with Crippen molar-refractivity contribution in [2.45, 2.75) is 6.42 Å². The lowest BCUT2D eigenvalue weighted by molar-refractivity contribution is -0.145. The topological polar surface area (TPSA) is 49.9 Å². The van der Waals surface area contributed by atoms with E-state index in [0.717, 1.165) is 0 Å². The highest BCUT2D eigenvalue weighted by Crippen LogP contribution is 2.29. The van der Waals surface area contributed by atoms with Crippen LogP contribution in [0.2, 0.25) is 0 Å². The maximum Gasteiger partial charge on any atom is 0.311 e. The smallest absolute Gasteiger partial charge is 0.311 e. The number of carbonyl (C=O) groups excluding carboxylic acids is 2. The van der Waals surface area contributed by atoms with Crippen LogP contribution in [0.1, 0.15) is 6.42 Å². The van der Waals surface area contributed by atoms with Gasteiger partial charge in [0.05, 0.1) is 18.7 Å². The third kappa shape index (κ3) is 2.59. The van der Waals surface area contributed by atoms with Crippen molar-refractivity contribution in [1.82, 2.24) is 0 Å². The minimum absolute atomic E-state index is 0.101. The average molecular weight is 280 g/mol. The van der Waals surface area contributed by atoms with E-state index in [1.54, 1.807) is 31.1 Å². The fourth-order valence-corrected chi connectivity index (χ4v) is 2.31. The summed E-state index contributed by atoms with van der Waals surface area (Å²) in [6.07, 6.45) is 0.101. The fourth-order valence-electron chi connectivity index (χ4n) is 2.31. The van der Waals surface area contributed by atoms with E-state index in [-0.39, 0.29) is 18.9 Å². The molecule has 1 fully saturated rings. The molecular weight excluding hydrogens is 263 g/mol. The van der Waals surface area contributed by atoms with Gasteiger partial charge in [0.15, 0.2) is 0 Å². The zero-order valence-electron chi connectivity index (χ0n) is 11.7. The Balaban J connectivity index is 2.22. The van der Waals surface area contributed by atoms with Crippen LogP contribution in [0.25, 0.3) is 0 Å². The summed E-state index contributed by atoms with van der Waals surface area (Å²) in [5.74, 6) is -1.49. The van der Waals surface area contributed by atoms with E-state index >= 15 is 0 Å². The molecular formula is C14H17FN2O3. The van der Waals surface area contributed by atoms with Crippen molar-refractivity contribution < 1.29 is 18.7 Å². The van der Waals surface area contributed by atoms with Gasteiger partial charge in [-0.1, -0.05) is 0 Å². The van der Waals surface area contributed by atoms with E-state index in [0.29, 0.717) is 11.4 Å². The Bertz CT molecular complexity index is 545. The zero-order chi connectivity index (χ0) is 14.9. The van der Waals surface area contributed by atoms with Crippen molar-refractivity contribution in [3.63, 3.8) is 0 Å². The van der Waals surface area contributed by atoms with Gasteiger partial charge in [-0.3, -0.25) is 9.59 Å². The monoisotopic (exact) mass is 280 g/mol. The number of methoxy groups -OCH3 is 1. The molecule has 0 aliphatic carbocycles. The number of hydrogen-bond donors (Lipinski definition) is 0. The van der Waals surface area contributed by atoms with Gasteiger partial charge in [0, 0.05) is 32.7 Å². The quantitative estimate of drug-likeness (QED) is 0.786. The fraction of sp³-hybridized carbons (Fsp3) is 0.429. The maximum atomic E-state index is 13.9. The molecule has 1 unspecified atom stereocenters. The predicted octanol–water partition coefficient (Wildman–Crippen LogP) is 1.42. The Labute approximate surface area is 116 Å². The Kier molecular flexibility index (Phi) is 3.92. The normalized spacial score (nSPS) is 18.3. The zero-order valence-corrected chi connectivity index (χ0v) is 11.7. The predicted molar refractivity (Wildman–Crippen MR) is 73.2 cm³/mol. The van der Waals surface area contributed by atoms with E-state index < -0.39 is 17.7 Å². The van der Waals surface area contributed by atoms with Gasteiger partial charge in [-0.25, -0.2) is 4.39 Å². The van der Waals surface area contributed by atoms with Gasteiger partial charge in [-0.05, 0) is 18.2 Å². The van der Waals surface area contributed by atoms with Crippen LogP contribution in [0.15, 0.2) is 18.2 Å². The summed E-state index contributed by atoms with van der Waals surface area (Å²) in [5, 5.41) is 0. The van der Waals surface area contributed by atoms with Gasteiger partial charge in [-0.2, -0.15) is 0 Å². The lowest BCUT2D eigenvalue weighted by Gasteiger charge is -2.19. The Morgan fingerprint density at radius 1 is 1.45 bits per heavy atom. The Hall–Kier alpha value is -2.11. The summed E-state index contributed by atoms with van der Waals surface area (Å²) >= 11 is 0. The van der Waals surface area contributed by atoms with Crippen LogP contribution in [0.4, 0.5) is 15.8 Å². The number of benzene rings is 1. The minimum atomic E-state index is -0.482. The van der Waals surface area contributed by atoms with E-state index in [9.17, 15) is 14.0 Å². The molecule has 0 spiro atoms. The molecule has 5 nitrogen and oxygen atoms in total. The van der Waals surface area contributed by atoms with Crippen LogP contribution >= 0.6 is 0 Å².